The van der Waals surface area contributed by atoms with E-state index in [2.05, 4.69) is 12.2 Å². The summed E-state index contributed by atoms with van der Waals surface area (Å²) in [6, 6.07) is 0.433. The SMILES string of the molecule is CC1CCCN(C(=O)NC2CCCCC2N)C1. The molecule has 1 aliphatic heterocycles. The molecule has 17 heavy (non-hydrogen) atoms. The van der Waals surface area contributed by atoms with Crippen molar-refractivity contribution in [2.24, 2.45) is 11.7 Å². The maximum absolute atomic E-state index is 12.1. The predicted octanol–water partition coefficient (Wildman–Crippen LogP) is 1.70. The number of carbonyl (C=O) groups excluding carboxylic acids is 1. The Morgan fingerprint density at radius 3 is 2.71 bits per heavy atom. The van der Waals surface area contributed by atoms with E-state index in [0.717, 1.165) is 32.4 Å². The van der Waals surface area contributed by atoms with E-state index in [4.69, 9.17) is 5.73 Å². The predicted molar refractivity (Wildman–Crippen MR) is 68.7 cm³/mol. The average Bonchev–Trinajstić information content (AvgIpc) is 2.32. The van der Waals surface area contributed by atoms with Gasteiger partial charge in [0.2, 0.25) is 0 Å². The van der Waals surface area contributed by atoms with E-state index in [1.807, 2.05) is 4.90 Å². The minimum atomic E-state index is 0.0962. The third-order valence-corrected chi connectivity index (χ3v) is 4.07. The highest BCUT2D eigenvalue weighted by molar-refractivity contribution is 5.74. The van der Waals surface area contributed by atoms with Crippen molar-refractivity contribution < 1.29 is 4.79 Å². The van der Waals surface area contributed by atoms with Crippen molar-refractivity contribution >= 4 is 6.03 Å². The summed E-state index contributed by atoms with van der Waals surface area (Å²) in [5, 5.41) is 3.12. The fraction of sp³-hybridized carbons (Fsp3) is 0.923. The molecule has 2 amide bonds. The largest absolute Gasteiger partial charge is 0.334 e. The fourth-order valence-electron chi connectivity index (χ4n) is 2.96. The molecular formula is C13H25N3O. The fourth-order valence-corrected chi connectivity index (χ4v) is 2.96. The minimum Gasteiger partial charge on any atom is -0.334 e. The molecule has 98 valence electrons. The van der Waals surface area contributed by atoms with Crippen LogP contribution in [0.5, 0.6) is 0 Å². The Labute approximate surface area is 104 Å². The van der Waals surface area contributed by atoms with Crippen LogP contribution in [0.1, 0.15) is 45.4 Å². The van der Waals surface area contributed by atoms with Gasteiger partial charge in [0.05, 0.1) is 0 Å². The highest BCUT2D eigenvalue weighted by atomic mass is 16.2. The number of urea groups is 1. The molecule has 3 N–H and O–H groups in total. The Kier molecular flexibility index (Phi) is 4.26. The first kappa shape index (κ1) is 12.7. The molecule has 0 radical (unpaired) electrons. The van der Waals surface area contributed by atoms with Crippen LogP contribution in [0.2, 0.25) is 0 Å². The minimum absolute atomic E-state index is 0.0962. The molecule has 4 heteroatoms. The number of hydrogen-bond acceptors (Lipinski definition) is 2. The van der Waals surface area contributed by atoms with Crippen molar-refractivity contribution in [2.75, 3.05) is 13.1 Å². The summed E-state index contributed by atoms with van der Waals surface area (Å²) in [6.07, 6.45) is 6.85. The number of carbonyl (C=O) groups is 1. The third-order valence-electron chi connectivity index (χ3n) is 4.07. The topological polar surface area (TPSA) is 58.4 Å². The van der Waals surface area contributed by atoms with E-state index < -0.39 is 0 Å². The Morgan fingerprint density at radius 2 is 2.00 bits per heavy atom. The van der Waals surface area contributed by atoms with Crippen LogP contribution in [-0.2, 0) is 0 Å². The number of rotatable bonds is 1. The zero-order chi connectivity index (χ0) is 12.3. The molecule has 1 saturated carbocycles. The Hall–Kier alpha value is -0.770. The van der Waals surface area contributed by atoms with Crippen LogP contribution in [0.3, 0.4) is 0 Å². The molecular weight excluding hydrogens is 214 g/mol. The second kappa shape index (κ2) is 5.71. The molecule has 2 rings (SSSR count). The standard InChI is InChI=1S/C13H25N3O/c1-10-5-4-8-16(9-10)13(17)15-12-7-3-2-6-11(12)14/h10-12H,2-9,14H2,1H3,(H,15,17). The molecule has 0 aromatic carbocycles. The molecule has 1 saturated heterocycles. The lowest BCUT2D eigenvalue weighted by Gasteiger charge is -2.35. The highest BCUT2D eigenvalue weighted by Crippen LogP contribution is 2.19. The van der Waals surface area contributed by atoms with Gasteiger partial charge in [0.1, 0.15) is 0 Å². The molecule has 2 fully saturated rings. The Balaban J connectivity index is 1.83. The molecule has 0 bridgehead atoms. The summed E-state index contributed by atoms with van der Waals surface area (Å²) in [6.45, 7) is 4.01. The number of nitrogens with one attached hydrogen (secondary N) is 1. The van der Waals surface area contributed by atoms with Crippen molar-refractivity contribution in [3.8, 4) is 0 Å². The van der Waals surface area contributed by atoms with Gasteiger partial charge in [0.25, 0.3) is 0 Å². The van der Waals surface area contributed by atoms with Gasteiger partial charge in [-0.1, -0.05) is 19.8 Å². The van der Waals surface area contributed by atoms with E-state index in [1.165, 1.54) is 19.3 Å². The van der Waals surface area contributed by atoms with Gasteiger partial charge in [-0.05, 0) is 31.6 Å². The maximum atomic E-state index is 12.1. The van der Waals surface area contributed by atoms with Gasteiger partial charge in [-0.15, -0.1) is 0 Å². The van der Waals surface area contributed by atoms with Crippen LogP contribution in [0.4, 0.5) is 4.79 Å². The van der Waals surface area contributed by atoms with Gasteiger partial charge < -0.3 is 16.0 Å². The molecule has 0 spiro atoms. The second-order valence-corrected chi connectivity index (χ2v) is 5.70. The van der Waals surface area contributed by atoms with Crippen LogP contribution < -0.4 is 11.1 Å². The van der Waals surface area contributed by atoms with Crippen molar-refractivity contribution in [2.45, 2.75) is 57.5 Å². The third kappa shape index (κ3) is 3.35. The average molecular weight is 239 g/mol. The zero-order valence-electron chi connectivity index (χ0n) is 10.8. The van der Waals surface area contributed by atoms with Gasteiger partial charge in [0, 0.05) is 25.2 Å². The first-order chi connectivity index (χ1) is 8.16. The summed E-state index contributed by atoms with van der Waals surface area (Å²) in [7, 11) is 0. The van der Waals surface area contributed by atoms with Crippen molar-refractivity contribution in [3.05, 3.63) is 0 Å². The normalized spacial score (nSPS) is 34.5. The first-order valence-electron chi connectivity index (χ1n) is 6.98. The lowest BCUT2D eigenvalue weighted by Crippen LogP contribution is -2.54. The number of piperidine rings is 1. The van der Waals surface area contributed by atoms with Gasteiger partial charge in [-0.25, -0.2) is 4.79 Å². The Bertz CT molecular complexity index is 269. The van der Waals surface area contributed by atoms with Crippen molar-refractivity contribution in [3.63, 3.8) is 0 Å². The van der Waals surface area contributed by atoms with E-state index in [1.54, 1.807) is 0 Å². The molecule has 3 unspecified atom stereocenters. The molecule has 1 heterocycles. The van der Waals surface area contributed by atoms with Crippen LogP contribution in [0.15, 0.2) is 0 Å². The monoisotopic (exact) mass is 239 g/mol. The first-order valence-corrected chi connectivity index (χ1v) is 6.98. The number of amides is 2. The van der Waals surface area contributed by atoms with Crippen LogP contribution in [-0.4, -0.2) is 36.1 Å². The smallest absolute Gasteiger partial charge is 0.317 e. The zero-order valence-corrected chi connectivity index (χ0v) is 10.8. The quantitative estimate of drug-likeness (QED) is 0.731. The Morgan fingerprint density at radius 1 is 1.24 bits per heavy atom. The van der Waals surface area contributed by atoms with E-state index >= 15 is 0 Å². The van der Waals surface area contributed by atoms with Gasteiger partial charge in [-0.2, -0.15) is 0 Å². The number of likely N-dealkylation sites (tertiary alicyclic amines) is 1. The molecule has 1 aliphatic carbocycles. The molecule has 4 nitrogen and oxygen atoms in total. The van der Waals surface area contributed by atoms with Crippen LogP contribution in [0.25, 0.3) is 0 Å². The van der Waals surface area contributed by atoms with Crippen LogP contribution in [0, 0.1) is 5.92 Å². The molecule has 0 aromatic heterocycles. The summed E-state index contributed by atoms with van der Waals surface area (Å²) in [4.78, 5) is 14.1. The van der Waals surface area contributed by atoms with Gasteiger partial charge in [-0.3, -0.25) is 0 Å². The lowest BCUT2D eigenvalue weighted by atomic mass is 9.91. The summed E-state index contributed by atoms with van der Waals surface area (Å²) in [5.74, 6) is 0.634. The van der Waals surface area contributed by atoms with Gasteiger partial charge in [0.15, 0.2) is 0 Å². The van der Waals surface area contributed by atoms with E-state index in [9.17, 15) is 4.79 Å². The summed E-state index contributed by atoms with van der Waals surface area (Å²) < 4.78 is 0. The van der Waals surface area contributed by atoms with E-state index in [-0.39, 0.29) is 18.1 Å². The number of nitrogens with zero attached hydrogens (tertiary/aromatic N) is 1. The van der Waals surface area contributed by atoms with E-state index in [0.29, 0.717) is 5.92 Å². The maximum Gasteiger partial charge on any atom is 0.317 e. The highest BCUT2D eigenvalue weighted by Gasteiger charge is 2.27. The molecule has 3 atom stereocenters. The molecule has 0 aromatic rings. The van der Waals surface area contributed by atoms with Crippen molar-refractivity contribution in [1.29, 1.82) is 0 Å². The number of nitrogens with two attached hydrogens (primary N) is 1. The molecule has 2 aliphatic rings. The summed E-state index contributed by atoms with van der Waals surface area (Å²) in [5.41, 5.74) is 6.05. The van der Waals surface area contributed by atoms with Crippen LogP contribution >= 0.6 is 0 Å². The van der Waals surface area contributed by atoms with Gasteiger partial charge >= 0.3 is 6.03 Å². The summed E-state index contributed by atoms with van der Waals surface area (Å²) >= 11 is 0. The second-order valence-electron chi connectivity index (χ2n) is 5.70. The lowest BCUT2D eigenvalue weighted by molar-refractivity contribution is 0.161. The number of hydrogen-bond donors (Lipinski definition) is 2. The van der Waals surface area contributed by atoms with Crippen molar-refractivity contribution in [1.82, 2.24) is 10.2 Å².